The molecular weight excluding hydrogens is 254 g/mol. The van der Waals surface area contributed by atoms with Crippen molar-refractivity contribution < 1.29 is 14.0 Å². The highest BCUT2D eigenvalue weighted by Gasteiger charge is 2.10. The van der Waals surface area contributed by atoms with Gasteiger partial charge in [-0.1, -0.05) is 13.3 Å². The molecule has 0 unspecified atom stereocenters. The van der Waals surface area contributed by atoms with Crippen LogP contribution in [0, 0.1) is 6.92 Å². The van der Waals surface area contributed by atoms with Gasteiger partial charge in [-0.3, -0.25) is 0 Å². The van der Waals surface area contributed by atoms with E-state index < -0.39 is 0 Å². The van der Waals surface area contributed by atoms with Crippen molar-refractivity contribution >= 4 is 21.9 Å². The molecule has 0 saturated carbocycles. The molecule has 0 amide bonds. The largest absolute Gasteiger partial charge is 0.464 e. The molecular formula is C16H17NO3. The smallest absolute Gasteiger partial charge is 0.255 e. The van der Waals surface area contributed by atoms with Crippen molar-refractivity contribution in [1.82, 2.24) is 0 Å². The lowest BCUT2D eigenvalue weighted by atomic mass is 10.0. The molecule has 0 radical (unpaired) electrons. The van der Waals surface area contributed by atoms with Gasteiger partial charge in [-0.2, -0.15) is 0 Å². The third kappa shape index (κ3) is 2.07. The molecule has 4 heteroatoms. The van der Waals surface area contributed by atoms with Crippen LogP contribution in [-0.4, -0.2) is 5.21 Å². The number of rotatable bonds is 3. The molecule has 0 atom stereocenters. The van der Waals surface area contributed by atoms with Crippen LogP contribution in [0.3, 0.4) is 0 Å². The van der Waals surface area contributed by atoms with Gasteiger partial charge in [0.05, 0.1) is 6.26 Å². The summed E-state index contributed by atoms with van der Waals surface area (Å²) >= 11 is 0. The molecule has 0 saturated heterocycles. The first-order valence-corrected chi connectivity index (χ1v) is 6.85. The molecule has 4 nitrogen and oxygen atoms in total. The van der Waals surface area contributed by atoms with Gasteiger partial charge in [0, 0.05) is 22.9 Å². The summed E-state index contributed by atoms with van der Waals surface area (Å²) in [6.45, 7) is 4.18. The summed E-state index contributed by atoms with van der Waals surface area (Å²) in [7, 11) is 0. The summed E-state index contributed by atoms with van der Waals surface area (Å²) in [5.41, 5.74) is 3.96. The van der Waals surface area contributed by atoms with Crippen molar-refractivity contribution in [2.24, 2.45) is 5.16 Å². The van der Waals surface area contributed by atoms with E-state index in [4.69, 9.17) is 14.0 Å². The lowest BCUT2D eigenvalue weighted by Gasteiger charge is -2.05. The van der Waals surface area contributed by atoms with Crippen molar-refractivity contribution in [2.75, 3.05) is 0 Å². The molecule has 0 bridgehead atoms. The van der Waals surface area contributed by atoms with E-state index in [1.54, 1.807) is 12.3 Å². The van der Waals surface area contributed by atoms with Gasteiger partial charge in [-0.25, -0.2) is 0 Å². The molecule has 3 aromatic rings. The molecule has 3 rings (SSSR count). The quantitative estimate of drug-likeness (QED) is 0.575. The predicted molar refractivity (Wildman–Crippen MR) is 76.7 cm³/mol. The second-order valence-electron chi connectivity index (χ2n) is 5.08. The first-order chi connectivity index (χ1) is 9.72. The Morgan fingerprint density at radius 1 is 1.15 bits per heavy atom. The maximum atomic E-state index is 8.97. The molecule has 2 aromatic heterocycles. The number of nitrogens with zero attached hydrogens (tertiary/aromatic N) is 1. The van der Waals surface area contributed by atoms with Crippen LogP contribution in [0.2, 0.25) is 0 Å². The lowest BCUT2D eigenvalue weighted by Crippen LogP contribution is -2.03. The number of fused-ring (bicyclic) bond motifs is 2. The SMILES string of the molecule is CCCCc1cc(=NO)oc2cc3occ(C)c3cc12. The fourth-order valence-electron chi connectivity index (χ4n) is 2.51. The zero-order valence-electron chi connectivity index (χ0n) is 11.6. The van der Waals surface area contributed by atoms with Gasteiger partial charge in [-0.15, -0.1) is 0 Å². The van der Waals surface area contributed by atoms with E-state index in [0.29, 0.717) is 5.58 Å². The van der Waals surface area contributed by atoms with Crippen LogP contribution in [0.5, 0.6) is 0 Å². The monoisotopic (exact) mass is 271 g/mol. The Kier molecular flexibility index (Phi) is 3.22. The number of hydrogen-bond donors (Lipinski definition) is 1. The Hall–Kier alpha value is -2.23. The van der Waals surface area contributed by atoms with Gasteiger partial charge in [0.2, 0.25) is 0 Å². The summed E-state index contributed by atoms with van der Waals surface area (Å²) in [5, 5.41) is 14.3. The average Bonchev–Trinajstić information content (AvgIpc) is 2.83. The highest BCUT2D eigenvalue weighted by atomic mass is 16.5. The lowest BCUT2D eigenvalue weighted by molar-refractivity contribution is 0.276. The fraction of sp³-hybridized carbons (Fsp3) is 0.312. The van der Waals surface area contributed by atoms with E-state index in [9.17, 15) is 0 Å². The highest BCUT2D eigenvalue weighted by molar-refractivity contribution is 5.96. The third-order valence-electron chi connectivity index (χ3n) is 3.63. The standard InChI is InChI=1S/C16H17NO3/c1-3-4-5-11-6-16(17-18)20-15-8-14-12(7-13(11)15)10(2)9-19-14/h6-9,18H,3-5H2,1-2H3. The summed E-state index contributed by atoms with van der Waals surface area (Å²) in [4.78, 5) is 0. The predicted octanol–water partition coefficient (Wildman–Crippen LogP) is 4.12. The highest BCUT2D eigenvalue weighted by Crippen LogP contribution is 2.28. The first kappa shape index (κ1) is 12.8. The number of furan rings is 1. The topological polar surface area (TPSA) is 58.9 Å². The zero-order chi connectivity index (χ0) is 14.1. The van der Waals surface area contributed by atoms with Crippen LogP contribution in [0.15, 0.2) is 38.5 Å². The minimum Gasteiger partial charge on any atom is -0.464 e. The molecule has 104 valence electrons. The number of unbranched alkanes of at least 4 members (excludes halogenated alkanes) is 1. The molecule has 2 heterocycles. The van der Waals surface area contributed by atoms with Gasteiger partial charge >= 0.3 is 0 Å². The maximum absolute atomic E-state index is 8.97. The van der Waals surface area contributed by atoms with E-state index in [1.165, 1.54) is 0 Å². The van der Waals surface area contributed by atoms with Crippen molar-refractivity contribution in [3.8, 4) is 0 Å². The first-order valence-electron chi connectivity index (χ1n) is 6.85. The Morgan fingerprint density at radius 3 is 2.75 bits per heavy atom. The maximum Gasteiger partial charge on any atom is 0.255 e. The zero-order valence-corrected chi connectivity index (χ0v) is 11.6. The van der Waals surface area contributed by atoms with Crippen molar-refractivity contribution in [2.45, 2.75) is 33.1 Å². The average molecular weight is 271 g/mol. The van der Waals surface area contributed by atoms with E-state index in [0.717, 1.165) is 46.7 Å². The van der Waals surface area contributed by atoms with Gasteiger partial charge in [-0.05, 0) is 42.1 Å². The normalized spacial score (nSPS) is 12.6. The number of benzene rings is 1. The van der Waals surface area contributed by atoms with Gasteiger partial charge < -0.3 is 14.0 Å². The minimum atomic E-state index is 0.228. The molecule has 20 heavy (non-hydrogen) atoms. The van der Waals surface area contributed by atoms with Gasteiger partial charge in [0.25, 0.3) is 5.55 Å². The number of aryl methyl sites for hydroxylation is 2. The summed E-state index contributed by atoms with van der Waals surface area (Å²) in [6.07, 6.45) is 4.89. The molecule has 0 spiro atoms. The number of hydrogen-bond acceptors (Lipinski definition) is 4. The van der Waals surface area contributed by atoms with Crippen LogP contribution in [-0.2, 0) is 6.42 Å². The second-order valence-corrected chi connectivity index (χ2v) is 5.08. The van der Waals surface area contributed by atoms with E-state index >= 15 is 0 Å². The Morgan fingerprint density at radius 2 is 2.00 bits per heavy atom. The summed E-state index contributed by atoms with van der Waals surface area (Å²) in [6, 6.07) is 5.76. The summed E-state index contributed by atoms with van der Waals surface area (Å²) in [5.74, 6) is 0. The van der Waals surface area contributed by atoms with E-state index in [1.807, 2.05) is 13.0 Å². The van der Waals surface area contributed by atoms with Gasteiger partial charge in [0.1, 0.15) is 11.2 Å². The van der Waals surface area contributed by atoms with Crippen molar-refractivity contribution in [3.63, 3.8) is 0 Å². The molecule has 0 fully saturated rings. The third-order valence-corrected chi connectivity index (χ3v) is 3.63. The molecule has 0 aliphatic rings. The molecule has 1 aromatic carbocycles. The molecule has 1 N–H and O–H groups in total. The van der Waals surface area contributed by atoms with Crippen LogP contribution in [0.1, 0.15) is 30.9 Å². The Labute approximate surface area is 116 Å². The van der Waals surface area contributed by atoms with Crippen LogP contribution >= 0.6 is 0 Å². The van der Waals surface area contributed by atoms with Crippen molar-refractivity contribution in [3.05, 3.63) is 41.1 Å². The van der Waals surface area contributed by atoms with E-state index in [2.05, 4.69) is 18.1 Å². The van der Waals surface area contributed by atoms with E-state index in [-0.39, 0.29) is 5.55 Å². The molecule has 0 aliphatic carbocycles. The minimum absolute atomic E-state index is 0.228. The van der Waals surface area contributed by atoms with Crippen LogP contribution in [0.4, 0.5) is 0 Å². The summed E-state index contributed by atoms with van der Waals surface area (Å²) < 4.78 is 11.1. The molecule has 0 aliphatic heterocycles. The Bertz CT molecular complexity index is 827. The Balaban J connectivity index is 2.33. The fourth-order valence-corrected chi connectivity index (χ4v) is 2.51. The van der Waals surface area contributed by atoms with Gasteiger partial charge in [0.15, 0.2) is 0 Å². The van der Waals surface area contributed by atoms with Crippen molar-refractivity contribution in [1.29, 1.82) is 0 Å². The van der Waals surface area contributed by atoms with Crippen LogP contribution < -0.4 is 5.55 Å². The second kappa shape index (κ2) is 5.04. The van der Waals surface area contributed by atoms with Crippen LogP contribution in [0.25, 0.3) is 21.9 Å².